The monoisotopic (exact) mass is 373 g/mol. The van der Waals surface area contributed by atoms with Gasteiger partial charge in [-0.3, -0.25) is 0 Å². The molecule has 0 aliphatic carbocycles. The van der Waals surface area contributed by atoms with Crippen LogP contribution in [0.15, 0.2) is 24.8 Å². The van der Waals surface area contributed by atoms with E-state index in [1.54, 1.807) is 14.2 Å². The third-order valence-corrected chi connectivity index (χ3v) is 5.39. The van der Waals surface area contributed by atoms with E-state index in [1.807, 2.05) is 39.0 Å². The number of alkyl halides is 1. The Labute approximate surface area is 153 Å². The van der Waals surface area contributed by atoms with E-state index in [9.17, 15) is 4.55 Å². The fourth-order valence-electron chi connectivity index (χ4n) is 2.29. The van der Waals surface area contributed by atoms with Gasteiger partial charge in [-0.2, -0.15) is 0 Å². The molecule has 0 saturated carbocycles. The first-order chi connectivity index (χ1) is 11.3. The van der Waals surface area contributed by atoms with Crippen molar-refractivity contribution in [2.45, 2.75) is 44.4 Å². The number of benzene rings is 1. The summed E-state index contributed by atoms with van der Waals surface area (Å²) in [6.07, 6.45) is 3.15. The maximum absolute atomic E-state index is 12.6. The Hall–Kier alpha value is -0.880. The highest BCUT2D eigenvalue weighted by Gasteiger charge is 2.30. The number of nitrogens with one attached hydrogen (secondary N) is 1. The number of ether oxygens (including phenoxy) is 2. The molecule has 136 valence electrons. The van der Waals surface area contributed by atoms with E-state index in [0.717, 1.165) is 11.1 Å². The van der Waals surface area contributed by atoms with Crippen LogP contribution in [0.3, 0.4) is 0 Å². The summed E-state index contributed by atoms with van der Waals surface area (Å²) in [4.78, 5) is 0. The first-order valence-corrected chi connectivity index (χ1v) is 9.56. The normalized spacial score (nSPS) is 14.1. The fourth-order valence-corrected chi connectivity index (χ4v) is 3.33. The fraction of sp³-hybridized carbons (Fsp3) is 0.556. The van der Waals surface area contributed by atoms with Crippen molar-refractivity contribution < 1.29 is 14.0 Å². The number of aryl methyl sites for hydroxylation is 1. The summed E-state index contributed by atoms with van der Waals surface area (Å²) in [6, 6.07) is 3.73. The van der Waals surface area contributed by atoms with Crippen LogP contribution >= 0.6 is 11.6 Å². The van der Waals surface area contributed by atoms with Crippen LogP contribution in [0.5, 0.6) is 11.5 Å². The summed E-state index contributed by atoms with van der Waals surface area (Å²) < 4.78 is 26.2. The van der Waals surface area contributed by atoms with Crippen LogP contribution in [0.4, 0.5) is 0 Å². The molecule has 0 spiro atoms. The molecule has 2 unspecified atom stereocenters. The molecule has 0 radical (unpaired) electrons. The minimum atomic E-state index is -1.20. The molecule has 0 aromatic heterocycles. The summed E-state index contributed by atoms with van der Waals surface area (Å²) in [6.45, 7) is 9.65. The van der Waals surface area contributed by atoms with Gasteiger partial charge >= 0.3 is 0 Å². The SMILES string of the molecule is C=CCC(N[S+]([O-])C(C)(C)C)c1cc(OC)c(OC)cc1CCCl. The molecular weight excluding hydrogens is 346 g/mol. The topological polar surface area (TPSA) is 53.5 Å². The lowest BCUT2D eigenvalue weighted by molar-refractivity contribution is 0.353. The Morgan fingerprint density at radius 2 is 1.88 bits per heavy atom. The van der Waals surface area contributed by atoms with Gasteiger partial charge in [0.05, 0.1) is 20.3 Å². The zero-order chi connectivity index (χ0) is 18.3. The first kappa shape index (κ1) is 21.2. The Morgan fingerprint density at radius 3 is 2.33 bits per heavy atom. The maximum atomic E-state index is 12.6. The first-order valence-electron chi connectivity index (χ1n) is 7.88. The molecule has 6 heteroatoms. The van der Waals surface area contributed by atoms with Crippen LogP contribution in [0.25, 0.3) is 0 Å². The average molecular weight is 374 g/mol. The molecule has 1 aromatic rings. The second kappa shape index (κ2) is 9.56. The Morgan fingerprint density at radius 1 is 1.29 bits per heavy atom. The Balaban J connectivity index is 3.31. The minimum absolute atomic E-state index is 0.138. The standard InChI is InChI=1S/C18H28ClNO3S/c1-7-8-15(20-24(21)18(2,3)4)14-12-17(23-6)16(22-5)11-13(14)9-10-19/h7,11-12,15,20H,1,8-10H2,2-6H3. The van der Waals surface area contributed by atoms with Crippen LogP contribution < -0.4 is 14.2 Å². The van der Waals surface area contributed by atoms with E-state index < -0.39 is 11.4 Å². The zero-order valence-electron chi connectivity index (χ0n) is 15.1. The van der Waals surface area contributed by atoms with Crippen molar-refractivity contribution in [2.24, 2.45) is 0 Å². The maximum Gasteiger partial charge on any atom is 0.161 e. The largest absolute Gasteiger partial charge is 0.598 e. The van der Waals surface area contributed by atoms with Gasteiger partial charge in [0, 0.05) is 17.2 Å². The summed E-state index contributed by atoms with van der Waals surface area (Å²) >= 11 is 4.76. The molecule has 24 heavy (non-hydrogen) atoms. The molecule has 1 aromatic carbocycles. The number of rotatable bonds is 9. The van der Waals surface area contributed by atoms with Gasteiger partial charge < -0.3 is 14.0 Å². The molecule has 0 fully saturated rings. The van der Waals surface area contributed by atoms with Gasteiger partial charge in [-0.15, -0.1) is 22.9 Å². The van der Waals surface area contributed by atoms with Gasteiger partial charge in [0.1, 0.15) is 4.75 Å². The van der Waals surface area contributed by atoms with Gasteiger partial charge in [-0.1, -0.05) is 6.08 Å². The lowest BCUT2D eigenvalue weighted by Gasteiger charge is -2.29. The van der Waals surface area contributed by atoms with E-state index in [2.05, 4.69) is 11.3 Å². The van der Waals surface area contributed by atoms with Crippen LogP contribution in [0.2, 0.25) is 0 Å². The molecule has 1 rings (SSSR count). The molecule has 0 bridgehead atoms. The molecule has 0 aliphatic heterocycles. The predicted molar refractivity (Wildman–Crippen MR) is 103 cm³/mol. The lowest BCUT2D eigenvalue weighted by atomic mass is 9.96. The van der Waals surface area contributed by atoms with Crippen LogP contribution in [-0.4, -0.2) is 29.4 Å². The Kier molecular flexibility index (Phi) is 8.43. The van der Waals surface area contributed by atoms with Crippen molar-refractivity contribution in [1.29, 1.82) is 0 Å². The molecule has 1 N–H and O–H groups in total. The summed E-state index contributed by atoms with van der Waals surface area (Å²) in [7, 11) is 3.21. The smallest absolute Gasteiger partial charge is 0.161 e. The van der Waals surface area contributed by atoms with Crippen molar-refractivity contribution >= 4 is 23.0 Å². The zero-order valence-corrected chi connectivity index (χ0v) is 16.7. The average Bonchev–Trinajstić information content (AvgIpc) is 2.53. The third kappa shape index (κ3) is 5.59. The van der Waals surface area contributed by atoms with Crippen LogP contribution in [0, 0.1) is 0 Å². The van der Waals surface area contributed by atoms with Crippen molar-refractivity contribution in [3.63, 3.8) is 0 Å². The van der Waals surface area contributed by atoms with Crippen molar-refractivity contribution in [3.8, 4) is 11.5 Å². The van der Waals surface area contributed by atoms with Crippen molar-refractivity contribution in [2.75, 3.05) is 20.1 Å². The van der Waals surface area contributed by atoms with Crippen LogP contribution in [0.1, 0.15) is 44.4 Å². The summed E-state index contributed by atoms with van der Waals surface area (Å²) in [5.74, 6) is 1.80. The van der Waals surface area contributed by atoms with E-state index >= 15 is 0 Å². The lowest BCUT2D eigenvalue weighted by Crippen LogP contribution is -2.41. The highest BCUT2D eigenvalue weighted by molar-refractivity contribution is 7.90. The second-order valence-electron chi connectivity index (χ2n) is 6.42. The highest BCUT2D eigenvalue weighted by Crippen LogP contribution is 2.35. The van der Waals surface area contributed by atoms with Gasteiger partial charge in [0.2, 0.25) is 0 Å². The number of methoxy groups -OCH3 is 2. The quantitative estimate of drug-likeness (QED) is 0.401. The van der Waals surface area contributed by atoms with Gasteiger partial charge in [-0.25, -0.2) is 0 Å². The molecule has 0 saturated heterocycles. The molecule has 0 aliphatic rings. The number of hydrogen-bond acceptors (Lipinski definition) is 4. The second-order valence-corrected chi connectivity index (χ2v) is 8.80. The number of hydrogen-bond donors (Lipinski definition) is 1. The minimum Gasteiger partial charge on any atom is -0.598 e. The predicted octanol–water partition coefficient (Wildman–Crippen LogP) is 4.15. The van der Waals surface area contributed by atoms with Gasteiger partial charge in [0.15, 0.2) is 11.5 Å². The van der Waals surface area contributed by atoms with Gasteiger partial charge in [0.25, 0.3) is 0 Å². The van der Waals surface area contributed by atoms with Gasteiger partial charge in [-0.05, 0) is 56.9 Å². The van der Waals surface area contributed by atoms with E-state index in [0.29, 0.717) is 30.2 Å². The molecule has 0 amide bonds. The van der Waals surface area contributed by atoms with E-state index in [1.165, 1.54) is 0 Å². The highest BCUT2D eigenvalue weighted by atomic mass is 35.5. The molecule has 2 atom stereocenters. The third-order valence-electron chi connectivity index (χ3n) is 3.59. The summed E-state index contributed by atoms with van der Waals surface area (Å²) in [5, 5.41) is 0. The van der Waals surface area contributed by atoms with Crippen molar-refractivity contribution in [1.82, 2.24) is 4.72 Å². The Bertz CT molecular complexity index is 546. The van der Waals surface area contributed by atoms with E-state index in [-0.39, 0.29) is 10.8 Å². The summed E-state index contributed by atoms with van der Waals surface area (Å²) in [5.41, 5.74) is 2.05. The molecule has 0 heterocycles. The molecular formula is C18H28ClNO3S. The van der Waals surface area contributed by atoms with E-state index in [4.69, 9.17) is 21.1 Å². The van der Waals surface area contributed by atoms with Crippen LogP contribution in [-0.2, 0) is 17.8 Å². The van der Waals surface area contributed by atoms with Crippen molar-refractivity contribution in [3.05, 3.63) is 35.9 Å². The molecule has 4 nitrogen and oxygen atoms in total. The number of halogens is 1.